The molecule has 1 aromatic rings. The zero-order valence-corrected chi connectivity index (χ0v) is 17.0. The third-order valence-corrected chi connectivity index (χ3v) is 5.09. The number of alkyl carbamates (subject to hydrolysis) is 1. The second kappa shape index (κ2) is 10.3. The van der Waals surface area contributed by atoms with E-state index in [-0.39, 0.29) is 24.5 Å². The van der Waals surface area contributed by atoms with Gasteiger partial charge in [0.2, 0.25) is 5.91 Å². The molecule has 1 unspecified atom stereocenters. The Labute approximate surface area is 162 Å². The number of carbonyl (C=O) groups excluding carboxylic acids is 2. The molecular weight excluding hydrogens is 342 g/mol. The standard InChI is InChI=1S/C21H33N3O3/c1-5-27-21(26)23-19(15(2)3)20(25)22-18-10-12-24(13-11-18)14-17-9-7-6-8-16(17)4/h6-9,15,18-19H,5,10-14H2,1-4H3,(H,22,25)(H,23,26). The molecule has 1 aliphatic rings. The van der Waals surface area contributed by atoms with Gasteiger partial charge in [0.05, 0.1) is 6.61 Å². The fourth-order valence-corrected chi connectivity index (χ4v) is 3.39. The summed E-state index contributed by atoms with van der Waals surface area (Å²) in [4.78, 5) is 26.7. The minimum absolute atomic E-state index is 0.00412. The maximum Gasteiger partial charge on any atom is 0.407 e. The molecule has 6 nitrogen and oxygen atoms in total. The zero-order valence-electron chi connectivity index (χ0n) is 17.0. The minimum atomic E-state index is -0.575. The normalized spacial score (nSPS) is 16.8. The summed E-state index contributed by atoms with van der Waals surface area (Å²) in [5, 5.41) is 5.78. The number of rotatable bonds is 7. The Balaban J connectivity index is 1.82. The molecule has 0 spiro atoms. The summed E-state index contributed by atoms with van der Waals surface area (Å²) >= 11 is 0. The highest BCUT2D eigenvalue weighted by molar-refractivity contribution is 5.86. The molecule has 6 heteroatoms. The molecule has 2 amide bonds. The van der Waals surface area contributed by atoms with Gasteiger partial charge in [0.25, 0.3) is 0 Å². The van der Waals surface area contributed by atoms with E-state index >= 15 is 0 Å². The van der Waals surface area contributed by atoms with Crippen molar-refractivity contribution < 1.29 is 14.3 Å². The van der Waals surface area contributed by atoms with Crippen molar-refractivity contribution in [1.29, 1.82) is 0 Å². The highest BCUT2D eigenvalue weighted by Crippen LogP contribution is 2.16. The van der Waals surface area contributed by atoms with Gasteiger partial charge in [-0.05, 0) is 43.7 Å². The van der Waals surface area contributed by atoms with Crippen LogP contribution in [0.5, 0.6) is 0 Å². The van der Waals surface area contributed by atoms with Crippen molar-refractivity contribution in [2.24, 2.45) is 5.92 Å². The van der Waals surface area contributed by atoms with Gasteiger partial charge < -0.3 is 15.4 Å². The van der Waals surface area contributed by atoms with E-state index in [1.807, 2.05) is 13.8 Å². The van der Waals surface area contributed by atoms with Gasteiger partial charge in [-0.3, -0.25) is 9.69 Å². The topological polar surface area (TPSA) is 70.7 Å². The number of hydrogen-bond donors (Lipinski definition) is 2. The lowest BCUT2D eigenvalue weighted by Crippen LogP contribution is -2.54. The van der Waals surface area contributed by atoms with Crippen LogP contribution in [-0.4, -0.2) is 48.7 Å². The number of ether oxygens (including phenoxy) is 1. The molecule has 0 aliphatic carbocycles. The van der Waals surface area contributed by atoms with Crippen molar-refractivity contribution in [3.05, 3.63) is 35.4 Å². The van der Waals surface area contributed by atoms with Gasteiger partial charge in [-0.15, -0.1) is 0 Å². The predicted octanol–water partition coefficient (Wildman–Crippen LogP) is 2.85. The van der Waals surface area contributed by atoms with E-state index in [9.17, 15) is 9.59 Å². The maximum absolute atomic E-state index is 12.6. The lowest BCUT2D eigenvalue weighted by Gasteiger charge is -2.33. The quantitative estimate of drug-likeness (QED) is 0.769. The van der Waals surface area contributed by atoms with Gasteiger partial charge in [-0.1, -0.05) is 38.1 Å². The molecule has 1 atom stereocenters. The Morgan fingerprint density at radius 2 is 1.89 bits per heavy atom. The number of likely N-dealkylation sites (tertiary alicyclic amines) is 1. The lowest BCUT2D eigenvalue weighted by molar-refractivity contribution is -0.125. The van der Waals surface area contributed by atoms with Crippen LogP contribution in [0.1, 0.15) is 44.7 Å². The molecule has 0 aromatic heterocycles. The fraction of sp³-hybridized carbons (Fsp3) is 0.619. The summed E-state index contributed by atoms with van der Waals surface area (Å²) in [5.41, 5.74) is 2.68. The molecule has 0 radical (unpaired) electrons. The Hall–Kier alpha value is -2.08. The molecule has 2 N–H and O–H groups in total. The maximum atomic E-state index is 12.6. The van der Waals surface area contributed by atoms with Crippen molar-refractivity contribution >= 4 is 12.0 Å². The van der Waals surface area contributed by atoms with Crippen molar-refractivity contribution in [1.82, 2.24) is 15.5 Å². The number of nitrogens with zero attached hydrogens (tertiary/aromatic N) is 1. The van der Waals surface area contributed by atoms with E-state index in [4.69, 9.17) is 4.74 Å². The highest BCUT2D eigenvalue weighted by atomic mass is 16.5. The van der Waals surface area contributed by atoms with Crippen LogP contribution in [0, 0.1) is 12.8 Å². The summed E-state index contributed by atoms with van der Waals surface area (Å²) in [5.74, 6) is -0.133. The van der Waals surface area contributed by atoms with E-state index in [1.54, 1.807) is 6.92 Å². The Morgan fingerprint density at radius 1 is 1.22 bits per heavy atom. The first kappa shape index (κ1) is 21.2. The van der Waals surface area contributed by atoms with Crippen LogP contribution >= 0.6 is 0 Å². The average Bonchev–Trinajstić information content (AvgIpc) is 2.63. The van der Waals surface area contributed by atoms with Crippen molar-refractivity contribution in [2.45, 2.75) is 59.2 Å². The summed E-state index contributed by atoms with van der Waals surface area (Å²) in [6.45, 7) is 10.9. The van der Waals surface area contributed by atoms with E-state index < -0.39 is 12.1 Å². The third-order valence-electron chi connectivity index (χ3n) is 5.09. The smallest absolute Gasteiger partial charge is 0.407 e. The second-order valence-corrected chi connectivity index (χ2v) is 7.57. The van der Waals surface area contributed by atoms with Gasteiger partial charge in [0.1, 0.15) is 6.04 Å². The molecular formula is C21H33N3O3. The van der Waals surface area contributed by atoms with Crippen molar-refractivity contribution in [3.63, 3.8) is 0 Å². The molecule has 27 heavy (non-hydrogen) atoms. The molecule has 0 bridgehead atoms. The average molecular weight is 376 g/mol. The Bertz CT molecular complexity index is 625. The van der Waals surface area contributed by atoms with Crippen LogP contribution in [0.4, 0.5) is 4.79 Å². The number of hydrogen-bond acceptors (Lipinski definition) is 4. The summed E-state index contributed by atoms with van der Waals surface area (Å²) in [6, 6.07) is 8.04. The number of nitrogens with one attached hydrogen (secondary N) is 2. The van der Waals surface area contributed by atoms with Crippen LogP contribution in [0.25, 0.3) is 0 Å². The molecule has 2 rings (SSSR count). The van der Waals surface area contributed by atoms with Crippen LogP contribution in [0.15, 0.2) is 24.3 Å². The summed E-state index contributed by atoms with van der Waals surface area (Å²) in [7, 11) is 0. The molecule has 0 saturated carbocycles. The van der Waals surface area contributed by atoms with Crippen LogP contribution in [0.3, 0.4) is 0 Å². The molecule has 1 saturated heterocycles. The first-order chi connectivity index (χ1) is 12.9. The molecule has 1 fully saturated rings. The number of aryl methyl sites for hydroxylation is 1. The van der Waals surface area contributed by atoms with Crippen LogP contribution in [0.2, 0.25) is 0 Å². The minimum Gasteiger partial charge on any atom is -0.450 e. The Morgan fingerprint density at radius 3 is 2.48 bits per heavy atom. The van der Waals surface area contributed by atoms with Crippen LogP contribution < -0.4 is 10.6 Å². The molecule has 1 aliphatic heterocycles. The van der Waals surface area contributed by atoms with E-state index in [0.29, 0.717) is 0 Å². The zero-order chi connectivity index (χ0) is 19.8. The monoisotopic (exact) mass is 375 g/mol. The van der Waals surface area contributed by atoms with Gasteiger partial charge in [-0.2, -0.15) is 0 Å². The third kappa shape index (κ3) is 6.54. The SMILES string of the molecule is CCOC(=O)NC(C(=O)NC1CCN(Cc2ccccc2C)CC1)C(C)C. The van der Waals surface area contributed by atoms with Crippen LogP contribution in [-0.2, 0) is 16.1 Å². The van der Waals surface area contributed by atoms with E-state index in [2.05, 4.69) is 46.7 Å². The van der Waals surface area contributed by atoms with Gasteiger partial charge in [-0.25, -0.2) is 4.79 Å². The summed E-state index contributed by atoms with van der Waals surface area (Å²) < 4.78 is 4.91. The number of benzene rings is 1. The lowest BCUT2D eigenvalue weighted by atomic mass is 10.00. The largest absolute Gasteiger partial charge is 0.450 e. The second-order valence-electron chi connectivity index (χ2n) is 7.57. The molecule has 150 valence electrons. The van der Waals surface area contributed by atoms with E-state index in [0.717, 1.165) is 32.5 Å². The summed E-state index contributed by atoms with van der Waals surface area (Å²) in [6.07, 6.45) is 1.29. The van der Waals surface area contributed by atoms with E-state index in [1.165, 1.54) is 11.1 Å². The number of amides is 2. The molecule has 1 aromatic carbocycles. The van der Waals surface area contributed by atoms with Crippen molar-refractivity contribution in [2.75, 3.05) is 19.7 Å². The first-order valence-electron chi connectivity index (χ1n) is 9.91. The van der Waals surface area contributed by atoms with Gasteiger partial charge >= 0.3 is 6.09 Å². The van der Waals surface area contributed by atoms with Gasteiger partial charge in [0, 0.05) is 25.7 Å². The fourth-order valence-electron chi connectivity index (χ4n) is 3.39. The first-order valence-corrected chi connectivity index (χ1v) is 9.91. The number of piperidine rings is 1. The number of carbonyl (C=O) groups is 2. The van der Waals surface area contributed by atoms with Gasteiger partial charge in [0.15, 0.2) is 0 Å². The predicted molar refractivity (Wildman–Crippen MR) is 106 cm³/mol. The highest BCUT2D eigenvalue weighted by Gasteiger charge is 2.28. The Kier molecular flexibility index (Phi) is 8.10. The van der Waals surface area contributed by atoms with Crippen molar-refractivity contribution in [3.8, 4) is 0 Å². The molecule has 1 heterocycles.